The van der Waals surface area contributed by atoms with E-state index in [4.69, 9.17) is 10.5 Å². The van der Waals surface area contributed by atoms with Gasteiger partial charge in [0.1, 0.15) is 0 Å². The van der Waals surface area contributed by atoms with E-state index < -0.39 is 12.1 Å². The van der Waals surface area contributed by atoms with Crippen LogP contribution in [0.25, 0.3) is 0 Å². The number of hydrogen-bond donors (Lipinski definition) is 2. The summed E-state index contributed by atoms with van der Waals surface area (Å²) in [7, 11) is 0. The molecule has 5 heteroatoms. The fourth-order valence-electron chi connectivity index (χ4n) is 1.60. The van der Waals surface area contributed by atoms with Gasteiger partial charge in [-0.05, 0) is 46.8 Å². The van der Waals surface area contributed by atoms with Crippen molar-refractivity contribution in [1.29, 1.82) is 0 Å². The molecule has 5 nitrogen and oxygen atoms in total. The van der Waals surface area contributed by atoms with Gasteiger partial charge in [-0.2, -0.15) is 0 Å². The molecule has 0 radical (unpaired) electrons. The minimum absolute atomic E-state index is 0.278. The lowest BCUT2D eigenvalue weighted by Gasteiger charge is -2.23. The Hall–Kier alpha value is -2.04. The summed E-state index contributed by atoms with van der Waals surface area (Å²) in [5.41, 5.74) is 6.88. The molecule has 110 valence electrons. The normalized spacial score (nSPS) is 12.7. The molecule has 0 saturated carbocycles. The minimum atomic E-state index is -0.873. The highest BCUT2D eigenvalue weighted by Crippen LogP contribution is 2.16. The second kappa shape index (κ2) is 5.94. The van der Waals surface area contributed by atoms with Crippen LogP contribution in [0, 0.1) is 6.92 Å². The van der Waals surface area contributed by atoms with Crippen LogP contribution in [0.2, 0.25) is 0 Å². The van der Waals surface area contributed by atoms with Gasteiger partial charge in [-0.1, -0.05) is 11.6 Å². The van der Waals surface area contributed by atoms with E-state index in [0.29, 0.717) is 5.69 Å². The SMILES string of the molecule is Cc1ccc(N)c(C(=O)OC(C)C(=O)NC(C)(C)C)c1. The van der Waals surface area contributed by atoms with Crippen molar-refractivity contribution in [3.05, 3.63) is 29.3 Å². The predicted molar refractivity (Wildman–Crippen MR) is 78.4 cm³/mol. The summed E-state index contributed by atoms with van der Waals surface area (Å²) in [4.78, 5) is 23.9. The van der Waals surface area contributed by atoms with E-state index in [1.165, 1.54) is 6.92 Å². The Kier molecular flexibility index (Phi) is 4.76. The monoisotopic (exact) mass is 278 g/mol. The number of nitrogens with one attached hydrogen (secondary N) is 1. The van der Waals surface area contributed by atoms with Crippen LogP contribution in [-0.4, -0.2) is 23.5 Å². The second-order valence-electron chi connectivity index (χ2n) is 5.88. The average Bonchev–Trinajstić information content (AvgIpc) is 2.29. The smallest absolute Gasteiger partial charge is 0.341 e. The van der Waals surface area contributed by atoms with Crippen molar-refractivity contribution >= 4 is 17.6 Å². The zero-order valence-corrected chi connectivity index (χ0v) is 12.6. The third-order valence-corrected chi connectivity index (χ3v) is 2.58. The van der Waals surface area contributed by atoms with E-state index >= 15 is 0 Å². The molecule has 1 aromatic carbocycles. The Balaban J connectivity index is 2.75. The van der Waals surface area contributed by atoms with Crippen molar-refractivity contribution in [3.63, 3.8) is 0 Å². The first-order valence-electron chi connectivity index (χ1n) is 6.49. The number of hydrogen-bond acceptors (Lipinski definition) is 4. The summed E-state index contributed by atoms with van der Waals surface area (Å²) in [6.07, 6.45) is -0.873. The third-order valence-electron chi connectivity index (χ3n) is 2.58. The van der Waals surface area contributed by atoms with Crippen LogP contribution < -0.4 is 11.1 Å². The number of nitrogen functional groups attached to an aromatic ring is 1. The van der Waals surface area contributed by atoms with E-state index in [0.717, 1.165) is 5.56 Å². The Morgan fingerprint density at radius 1 is 1.30 bits per heavy atom. The molecule has 1 atom stereocenters. The zero-order chi connectivity index (χ0) is 15.5. The molecule has 0 spiro atoms. The second-order valence-corrected chi connectivity index (χ2v) is 5.88. The highest BCUT2D eigenvalue weighted by Gasteiger charge is 2.23. The van der Waals surface area contributed by atoms with Crippen molar-refractivity contribution in [2.75, 3.05) is 5.73 Å². The van der Waals surface area contributed by atoms with Crippen molar-refractivity contribution in [1.82, 2.24) is 5.32 Å². The quantitative estimate of drug-likeness (QED) is 0.655. The fraction of sp³-hybridized carbons (Fsp3) is 0.467. The van der Waals surface area contributed by atoms with Gasteiger partial charge in [0.2, 0.25) is 0 Å². The van der Waals surface area contributed by atoms with Crippen LogP contribution in [0.5, 0.6) is 0 Å². The molecular formula is C15H22N2O3. The van der Waals surface area contributed by atoms with Gasteiger partial charge in [-0.15, -0.1) is 0 Å². The van der Waals surface area contributed by atoms with Gasteiger partial charge in [0, 0.05) is 11.2 Å². The molecule has 3 N–H and O–H groups in total. The Morgan fingerprint density at radius 2 is 1.90 bits per heavy atom. The third kappa shape index (κ3) is 4.57. The first-order valence-corrected chi connectivity index (χ1v) is 6.49. The summed E-state index contributed by atoms with van der Waals surface area (Å²) in [6, 6.07) is 5.10. The summed E-state index contributed by atoms with van der Waals surface area (Å²) in [5, 5.41) is 2.75. The first-order chi connectivity index (χ1) is 9.10. The van der Waals surface area contributed by atoms with Gasteiger partial charge < -0.3 is 15.8 Å². The highest BCUT2D eigenvalue weighted by atomic mass is 16.5. The number of carbonyl (C=O) groups is 2. The van der Waals surface area contributed by atoms with Crippen LogP contribution in [-0.2, 0) is 9.53 Å². The molecule has 0 bridgehead atoms. The van der Waals surface area contributed by atoms with Crippen LogP contribution in [0.15, 0.2) is 18.2 Å². The first kappa shape index (κ1) is 16.0. The molecule has 0 aliphatic carbocycles. The summed E-state index contributed by atoms with van der Waals surface area (Å²) >= 11 is 0. The molecule has 0 aromatic heterocycles. The lowest BCUT2D eigenvalue weighted by Crippen LogP contribution is -2.46. The molecule has 1 aromatic rings. The number of anilines is 1. The molecule has 1 amide bonds. The number of benzene rings is 1. The molecule has 1 unspecified atom stereocenters. The number of amides is 1. The largest absolute Gasteiger partial charge is 0.449 e. The van der Waals surface area contributed by atoms with Crippen LogP contribution >= 0.6 is 0 Å². The molecular weight excluding hydrogens is 256 g/mol. The standard InChI is InChI=1S/C15H22N2O3/c1-9-6-7-12(16)11(8-9)14(19)20-10(2)13(18)17-15(3,4)5/h6-8,10H,16H2,1-5H3,(H,17,18). The van der Waals surface area contributed by atoms with E-state index in [1.54, 1.807) is 12.1 Å². The van der Waals surface area contributed by atoms with Crippen molar-refractivity contribution in [2.24, 2.45) is 0 Å². The number of rotatable bonds is 3. The number of nitrogens with two attached hydrogens (primary N) is 1. The summed E-state index contributed by atoms with van der Waals surface area (Å²) < 4.78 is 5.15. The lowest BCUT2D eigenvalue weighted by atomic mass is 10.1. The topological polar surface area (TPSA) is 81.4 Å². The number of esters is 1. The molecule has 0 fully saturated rings. The molecule has 0 aliphatic rings. The molecule has 0 aliphatic heterocycles. The van der Waals surface area contributed by atoms with E-state index in [-0.39, 0.29) is 17.0 Å². The predicted octanol–water partition coefficient (Wildman–Crippen LogP) is 2.04. The summed E-state index contributed by atoms with van der Waals surface area (Å²) in [5.74, 6) is -0.931. The van der Waals surface area contributed by atoms with Gasteiger partial charge in [-0.25, -0.2) is 4.79 Å². The van der Waals surface area contributed by atoms with Gasteiger partial charge in [-0.3, -0.25) is 4.79 Å². The molecule has 0 saturated heterocycles. The van der Waals surface area contributed by atoms with Crippen molar-refractivity contribution in [2.45, 2.75) is 46.3 Å². The Morgan fingerprint density at radius 3 is 2.45 bits per heavy atom. The Labute approximate surface area is 119 Å². The average molecular weight is 278 g/mol. The van der Waals surface area contributed by atoms with Crippen LogP contribution in [0.4, 0.5) is 5.69 Å². The van der Waals surface area contributed by atoms with Crippen LogP contribution in [0.3, 0.4) is 0 Å². The van der Waals surface area contributed by atoms with Crippen molar-refractivity contribution in [3.8, 4) is 0 Å². The van der Waals surface area contributed by atoms with Gasteiger partial charge in [0.05, 0.1) is 5.56 Å². The molecule has 1 rings (SSSR count). The lowest BCUT2D eigenvalue weighted by molar-refractivity contribution is -0.130. The summed E-state index contributed by atoms with van der Waals surface area (Å²) in [6.45, 7) is 8.96. The van der Waals surface area contributed by atoms with Gasteiger partial charge >= 0.3 is 5.97 Å². The highest BCUT2D eigenvalue weighted by molar-refractivity contribution is 5.97. The maximum atomic E-state index is 12.0. The van der Waals surface area contributed by atoms with E-state index in [1.807, 2.05) is 33.8 Å². The van der Waals surface area contributed by atoms with Crippen molar-refractivity contribution < 1.29 is 14.3 Å². The molecule has 0 heterocycles. The maximum Gasteiger partial charge on any atom is 0.341 e. The van der Waals surface area contributed by atoms with E-state index in [2.05, 4.69) is 5.32 Å². The zero-order valence-electron chi connectivity index (χ0n) is 12.6. The fourth-order valence-corrected chi connectivity index (χ4v) is 1.60. The van der Waals surface area contributed by atoms with E-state index in [9.17, 15) is 9.59 Å². The van der Waals surface area contributed by atoms with Gasteiger partial charge in [0.25, 0.3) is 5.91 Å². The number of ether oxygens (including phenoxy) is 1. The number of aryl methyl sites for hydroxylation is 1. The van der Waals surface area contributed by atoms with Gasteiger partial charge in [0.15, 0.2) is 6.10 Å². The Bertz CT molecular complexity index is 518. The minimum Gasteiger partial charge on any atom is -0.449 e. The number of carbonyl (C=O) groups excluding carboxylic acids is 2. The van der Waals surface area contributed by atoms with Crippen LogP contribution in [0.1, 0.15) is 43.6 Å². The maximum absolute atomic E-state index is 12.0. The molecule has 20 heavy (non-hydrogen) atoms.